The fourth-order valence-corrected chi connectivity index (χ4v) is 2.51. The van der Waals surface area contributed by atoms with E-state index in [1.165, 1.54) is 22.3 Å². The normalized spacial score (nSPS) is 12.3. The Morgan fingerprint density at radius 3 is 2.35 bits per heavy atom. The van der Waals surface area contributed by atoms with Crippen molar-refractivity contribution in [2.75, 3.05) is 0 Å². The fraction of sp³-hybridized carbons (Fsp3) is 0.263. The quantitative estimate of drug-likeness (QED) is 0.758. The van der Waals surface area contributed by atoms with Crippen LogP contribution < -0.4 is 5.32 Å². The van der Waals surface area contributed by atoms with Crippen molar-refractivity contribution in [3.8, 4) is 0 Å². The lowest BCUT2D eigenvalue weighted by Crippen LogP contribution is -2.18. The summed E-state index contributed by atoms with van der Waals surface area (Å²) in [6.45, 7) is 5.93. The Hall–Kier alpha value is -2.46. The summed E-state index contributed by atoms with van der Waals surface area (Å²) >= 11 is 0. The van der Waals surface area contributed by atoms with Gasteiger partial charge in [0, 0.05) is 12.6 Å². The molecule has 0 unspecified atom stereocenters. The van der Waals surface area contributed by atoms with Gasteiger partial charge in [-0.2, -0.15) is 5.10 Å². The van der Waals surface area contributed by atoms with Gasteiger partial charge < -0.3 is 5.32 Å². The third-order valence-corrected chi connectivity index (χ3v) is 4.02. The van der Waals surface area contributed by atoms with Crippen LogP contribution in [0.5, 0.6) is 0 Å². The molecule has 0 aliphatic heterocycles. The molecule has 0 amide bonds. The number of hydrogen-bond acceptors (Lipinski definition) is 3. The maximum Gasteiger partial charge on any atom is 0.137 e. The van der Waals surface area contributed by atoms with Crippen molar-refractivity contribution in [3.05, 3.63) is 83.4 Å². The molecule has 0 aliphatic rings. The van der Waals surface area contributed by atoms with Crippen molar-refractivity contribution in [3.63, 3.8) is 0 Å². The van der Waals surface area contributed by atoms with E-state index in [9.17, 15) is 0 Å². The molecule has 1 atom stereocenters. The van der Waals surface area contributed by atoms with Gasteiger partial charge in [-0.05, 0) is 30.5 Å². The van der Waals surface area contributed by atoms with Crippen LogP contribution in [0.25, 0.3) is 0 Å². The number of hydrogen-bond donors (Lipinski definition) is 1. The second-order valence-corrected chi connectivity index (χ2v) is 5.92. The van der Waals surface area contributed by atoms with Gasteiger partial charge >= 0.3 is 0 Å². The van der Waals surface area contributed by atoms with Gasteiger partial charge in [-0.1, -0.05) is 54.1 Å². The van der Waals surface area contributed by atoms with Crippen molar-refractivity contribution >= 4 is 0 Å². The summed E-state index contributed by atoms with van der Waals surface area (Å²) in [5, 5.41) is 7.70. The lowest BCUT2D eigenvalue weighted by atomic mass is 10.1. The highest BCUT2D eigenvalue weighted by molar-refractivity contribution is 5.25. The van der Waals surface area contributed by atoms with Crippen LogP contribution >= 0.6 is 0 Å². The molecule has 0 bridgehead atoms. The van der Waals surface area contributed by atoms with E-state index in [0.717, 1.165) is 13.1 Å². The van der Waals surface area contributed by atoms with E-state index in [1.807, 2.05) is 4.68 Å². The Kier molecular flexibility index (Phi) is 4.83. The van der Waals surface area contributed by atoms with Crippen molar-refractivity contribution in [1.82, 2.24) is 20.1 Å². The summed E-state index contributed by atoms with van der Waals surface area (Å²) in [7, 11) is 0. The topological polar surface area (TPSA) is 42.7 Å². The second-order valence-electron chi connectivity index (χ2n) is 5.92. The van der Waals surface area contributed by atoms with Gasteiger partial charge in [-0.25, -0.2) is 9.67 Å². The second kappa shape index (κ2) is 7.20. The summed E-state index contributed by atoms with van der Waals surface area (Å²) in [5.74, 6) is 0. The van der Waals surface area contributed by atoms with Gasteiger partial charge in [0.15, 0.2) is 0 Å². The minimum atomic E-state index is 0.338. The molecule has 4 heteroatoms. The Morgan fingerprint density at radius 2 is 1.70 bits per heavy atom. The van der Waals surface area contributed by atoms with Crippen LogP contribution in [0.1, 0.15) is 35.2 Å². The fourth-order valence-electron chi connectivity index (χ4n) is 2.51. The molecule has 0 fully saturated rings. The summed E-state index contributed by atoms with van der Waals surface area (Å²) in [6, 6.07) is 17.7. The minimum absolute atomic E-state index is 0.338. The predicted molar refractivity (Wildman–Crippen MR) is 92.0 cm³/mol. The molecule has 0 saturated carbocycles. The van der Waals surface area contributed by atoms with Crippen molar-refractivity contribution < 1.29 is 0 Å². The SMILES string of the molecule is Cc1ccc([C@H](C)NCc2ccc(Cn3cncn3)cc2)cc1. The summed E-state index contributed by atoms with van der Waals surface area (Å²) < 4.78 is 1.83. The van der Waals surface area contributed by atoms with Gasteiger partial charge in [0.25, 0.3) is 0 Å². The molecule has 0 aliphatic carbocycles. The van der Waals surface area contributed by atoms with Crippen molar-refractivity contribution in [2.45, 2.75) is 33.0 Å². The largest absolute Gasteiger partial charge is 0.306 e. The monoisotopic (exact) mass is 306 g/mol. The van der Waals surface area contributed by atoms with Crippen LogP contribution in [0, 0.1) is 6.92 Å². The van der Waals surface area contributed by atoms with E-state index < -0.39 is 0 Å². The Bertz CT molecular complexity index is 715. The number of rotatable bonds is 6. The molecule has 3 aromatic rings. The van der Waals surface area contributed by atoms with Gasteiger partial charge in [-0.15, -0.1) is 0 Å². The first-order valence-corrected chi connectivity index (χ1v) is 7.91. The number of aromatic nitrogens is 3. The van der Waals surface area contributed by atoms with E-state index in [-0.39, 0.29) is 0 Å². The van der Waals surface area contributed by atoms with Crippen molar-refractivity contribution in [1.29, 1.82) is 0 Å². The maximum atomic E-state index is 4.13. The molecule has 23 heavy (non-hydrogen) atoms. The van der Waals surface area contributed by atoms with Crippen LogP contribution in [0.4, 0.5) is 0 Å². The smallest absolute Gasteiger partial charge is 0.137 e. The highest BCUT2D eigenvalue weighted by Crippen LogP contribution is 2.14. The first kappa shape index (κ1) is 15.4. The Morgan fingerprint density at radius 1 is 1.00 bits per heavy atom. The standard InChI is InChI=1S/C19H22N4/c1-15-3-9-19(10-4-15)16(2)21-11-17-5-7-18(8-6-17)12-23-14-20-13-22-23/h3-10,13-14,16,21H,11-12H2,1-2H3/t16-/m0/s1. The van der Waals surface area contributed by atoms with Crippen LogP contribution in [-0.4, -0.2) is 14.8 Å². The molecular weight excluding hydrogens is 284 g/mol. The third-order valence-electron chi connectivity index (χ3n) is 4.02. The number of nitrogens with one attached hydrogen (secondary N) is 1. The maximum absolute atomic E-state index is 4.13. The molecule has 1 aromatic heterocycles. The zero-order chi connectivity index (χ0) is 16.1. The number of nitrogens with zero attached hydrogens (tertiary/aromatic N) is 3. The van der Waals surface area contributed by atoms with E-state index in [2.05, 4.69) is 77.8 Å². The first-order valence-electron chi connectivity index (χ1n) is 7.91. The number of aryl methyl sites for hydroxylation is 1. The molecule has 1 heterocycles. The molecule has 4 nitrogen and oxygen atoms in total. The van der Waals surface area contributed by atoms with Gasteiger partial charge in [0.1, 0.15) is 12.7 Å². The summed E-state index contributed by atoms with van der Waals surface area (Å²) in [6.07, 6.45) is 3.30. The van der Waals surface area contributed by atoms with Gasteiger partial charge in [-0.3, -0.25) is 0 Å². The van der Waals surface area contributed by atoms with Crippen LogP contribution in [0.2, 0.25) is 0 Å². The zero-order valence-electron chi connectivity index (χ0n) is 13.6. The van der Waals surface area contributed by atoms with Gasteiger partial charge in [0.05, 0.1) is 6.54 Å². The molecule has 0 saturated heterocycles. The molecule has 0 radical (unpaired) electrons. The highest BCUT2D eigenvalue weighted by atomic mass is 15.3. The average Bonchev–Trinajstić information content (AvgIpc) is 3.07. The Balaban J connectivity index is 1.54. The van der Waals surface area contributed by atoms with E-state index >= 15 is 0 Å². The summed E-state index contributed by atoms with van der Waals surface area (Å²) in [4.78, 5) is 3.96. The third kappa shape index (κ3) is 4.27. The average molecular weight is 306 g/mol. The molecule has 2 aromatic carbocycles. The van der Waals surface area contributed by atoms with E-state index in [1.54, 1.807) is 12.7 Å². The highest BCUT2D eigenvalue weighted by Gasteiger charge is 2.04. The Labute approximate surface area is 137 Å². The lowest BCUT2D eigenvalue weighted by Gasteiger charge is -2.15. The predicted octanol–water partition coefficient (Wildman–Crippen LogP) is 3.49. The summed E-state index contributed by atoms with van der Waals surface area (Å²) in [5.41, 5.74) is 5.12. The van der Waals surface area contributed by atoms with Crippen LogP contribution in [0.15, 0.2) is 61.2 Å². The number of benzene rings is 2. The van der Waals surface area contributed by atoms with Crippen LogP contribution in [0.3, 0.4) is 0 Å². The minimum Gasteiger partial charge on any atom is -0.306 e. The zero-order valence-corrected chi connectivity index (χ0v) is 13.6. The van der Waals surface area contributed by atoms with Crippen LogP contribution in [-0.2, 0) is 13.1 Å². The molecule has 1 N–H and O–H groups in total. The molecular formula is C19H22N4. The molecule has 118 valence electrons. The molecule has 3 rings (SSSR count). The molecule has 0 spiro atoms. The first-order chi connectivity index (χ1) is 11.2. The van der Waals surface area contributed by atoms with Crippen molar-refractivity contribution in [2.24, 2.45) is 0 Å². The van der Waals surface area contributed by atoms with Gasteiger partial charge in [0.2, 0.25) is 0 Å². The van der Waals surface area contributed by atoms with E-state index in [4.69, 9.17) is 0 Å². The lowest BCUT2D eigenvalue weighted by molar-refractivity contribution is 0.574. The van der Waals surface area contributed by atoms with E-state index in [0.29, 0.717) is 6.04 Å².